The first-order valence-electron chi connectivity index (χ1n) is 9.91. The molecule has 0 saturated heterocycles. The molecule has 2 aromatic carbocycles. The number of anilines is 1. The van der Waals surface area contributed by atoms with Gasteiger partial charge < -0.3 is 14.8 Å². The van der Waals surface area contributed by atoms with Crippen molar-refractivity contribution in [3.63, 3.8) is 0 Å². The Kier molecular flexibility index (Phi) is 6.15. The van der Waals surface area contributed by atoms with E-state index in [0.29, 0.717) is 17.3 Å². The van der Waals surface area contributed by atoms with Gasteiger partial charge in [-0.05, 0) is 36.8 Å². The first-order chi connectivity index (χ1) is 14.2. The van der Waals surface area contributed by atoms with Crippen LogP contribution in [0.3, 0.4) is 0 Å². The number of methoxy groups -OCH3 is 2. The largest absolute Gasteiger partial charge is 0.493 e. The van der Waals surface area contributed by atoms with Crippen LogP contribution in [0.25, 0.3) is 5.69 Å². The molecular weight excluding hydrogens is 378 g/mol. The second-order valence-corrected chi connectivity index (χ2v) is 8.23. The van der Waals surface area contributed by atoms with Crippen molar-refractivity contribution in [2.45, 2.75) is 39.5 Å². The zero-order valence-corrected chi connectivity index (χ0v) is 18.4. The summed E-state index contributed by atoms with van der Waals surface area (Å²) in [5, 5.41) is 7.90. The van der Waals surface area contributed by atoms with Crippen molar-refractivity contribution in [2.75, 3.05) is 19.5 Å². The Morgan fingerprint density at radius 2 is 1.70 bits per heavy atom. The van der Waals surface area contributed by atoms with Gasteiger partial charge >= 0.3 is 0 Å². The first-order valence-corrected chi connectivity index (χ1v) is 9.91. The quantitative estimate of drug-likeness (QED) is 0.645. The van der Waals surface area contributed by atoms with Gasteiger partial charge in [-0.1, -0.05) is 45.0 Å². The molecule has 1 amide bonds. The molecular formula is C24H29N3O3. The summed E-state index contributed by atoms with van der Waals surface area (Å²) < 4.78 is 12.4. The van der Waals surface area contributed by atoms with E-state index in [9.17, 15) is 4.79 Å². The zero-order valence-electron chi connectivity index (χ0n) is 18.4. The van der Waals surface area contributed by atoms with Gasteiger partial charge in [0.2, 0.25) is 5.91 Å². The van der Waals surface area contributed by atoms with Crippen molar-refractivity contribution in [2.24, 2.45) is 0 Å². The number of hydrogen-bond acceptors (Lipinski definition) is 4. The summed E-state index contributed by atoms with van der Waals surface area (Å²) in [6.07, 6.45) is 0.213. The molecule has 6 nitrogen and oxygen atoms in total. The van der Waals surface area contributed by atoms with Crippen LogP contribution in [0.5, 0.6) is 11.5 Å². The van der Waals surface area contributed by atoms with Gasteiger partial charge in [-0.25, -0.2) is 4.68 Å². The highest BCUT2D eigenvalue weighted by Crippen LogP contribution is 2.32. The summed E-state index contributed by atoms with van der Waals surface area (Å²) in [7, 11) is 3.17. The summed E-state index contributed by atoms with van der Waals surface area (Å²) >= 11 is 0. The van der Waals surface area contributed by atoms with E-state index in [-0.39, 0.29) is 17.7 Å². The van der Waals surface area contributed by atoms with Crippen LogP contribution in [-0.2, 0) is 16.6 Å². The van der Waals surface area contributed by atoms with E-state index in [4.69, 9.17) is 14.6 Å². The van der Waals surface area contributed by atoms with Gasteiger partial charge in [-0.15, -0.1) is 0 Å². The fraction of sp³-hybridized carbons (Fsp3) is 0.333. The lowest BCUT2D eigenvalue weighted by Crippen LogP contribution is -2.18. The summed E-state index contributed by atoms with van der Waals surface area (Å²) in [5.74, 6) is 1.80. The van der Waals surface area contributed by atoms with Crippen molar-refractivity contribution in [1.82, 2.24) is 9.78 Å². The van der Waals surface area contributed by atoms with E-state index in [1.807, 2.05) is 54.1 Å². The monoisotopic (exact) mass is 407 g/mol. The smallest absolute Gasteiger partial charge is 0.229 e. The average molecular weight is 408 g/mol. The number of hydrogen-bond donors (Lipinski definition) is 1. The number of aromatic nitrogens is 2. The van der Waals surface area contributed by atoms with Gasteiger partial charge in [0.15, 0.2) is 11.5 Å². The van der Waals surface area contributed by atoms with Crippen LogP contribution in [0.4, 0.5) is 5.82 Å². The summed E-state index contributed by atoms with van der Waals surface area (Å²) in [6, 6.07) is 15.3. The molecule has 3 aromatic rings. The highest BCUT2D eigenvalue weighted by atomic mass is 16.5. The number of carbonyl (C=O) groups is 1. The third-order valence-corrected chi connectivity index (χ3v) is 4.90. The second kappa shape index (κ2) is 8.61. The third-order valence-electron chi connectivity index (χ3n) is 4.90. The van der Waals surface area contributed by atoms with E-state index >= 15 is 0 Å². The SMILES string of the molecule is COc1ccc(CC(=O)Nc2c(C)c(C(C)(C)C)nn2-c2ccccc2)cc1OC. The summed E-state index contributed by atoms with van der Waals surface area (Å²) in [5.41, 5.74) is 3.51. The number of para-hydroxylation sites is 1. The molecule has 0 atom stereocenters. The van der Waals surface area contributed by atoms with Gasteiger partial charge in [0.25, 0.3) is 0 Å². The van der Waals surface area contributed by atoms with Crippen molar-refractivity contribution >= 4 is 11.7 Å². The van der Waals surface area contributed by atoms with Crippen LogP contribution in [0.2, 0.25) is 0 Å². The second-order valence-electron chi connectivity index (χ2n) is 8.23. The van der Waals surface area contributed by atoms with Gasteiger partial charge in [0, 0.05) is 11.0 Å². The molecule has 158 valence electrons. The first kappa shape index (κ1) is 21.4. The summed E-state index contributed by atoms with van der Waals surface area (Å²) in [6.45, 7) is 8.35. The molecule has 3 rings (SSSR count). The molecule has 30 heavy (non-hydrogen) atoms. The van der Waals surface area contributed by atoms with Crippen molar-refractivity contribution in [3.05, 3.63) is 65.4 Å². The third kappa shape index (κ3) is 4.48. The van der Waals surface area contributed by atoms with Gasteiger partial charge in [-0.2, -0.15) is 5.10 Å². The Hall–Kier alpha value is -3.28. The molecule has 0 fully saturated rings. The molecule has 0 aliphatic carbocycles. The standard InChI is InChI=1S/C24H29N3O3/c1-16-22(24(2,3)4)26-27(18-10-8-7-9-11-18)23(16)25-21(28)15-17-12-13-19(29-5)20(14-17)30-6/h7-14H,15H2,1-6H3,(H,25,28). The Bertz CT molecular complexity index is 1030. The number of amides is 1. The van der Waals surface area contributed by atoms with Crippen LogP contribution in [0.1, 0.15) is 37.6 Å². The van der Waals surface area contributed by atoms with Crippen LogP contribution in [-0.4, -0.2) is 29.9 Å². The van der Waals surface area contributed by atoms with Crippen LogP contribution in [0, 0.1) is 6.92 Å². The molecule has 0 unspecified atom stereocenters. The fourth-order valence-electron chi connectivity index (χ4n) is 3.46. The van der Waals surface area contributed by atoms with Gasteiger partial charge in [0.1, 0.15) is 5.82 Å². The minimum Gasteiger partial charge on any atom is -0.493 e. The number of nitrogens with one attached hydrogen (secondary N) is 1. The molecule has 0 spiro atoms. The molecule has 0 bridgehead atoms. The minimum absolute atomic E-state index is 0.122. The lowest BCUT2D eigenvalue weighted by molar-refractivity contribution is -0.115. The van der Waals surface area contributed by atoms with Crippen molar-refractivity contribution in [3.8, 4) is 17.2 Å². The number of rotatable bonds is 6. The normalized spacial score (nSPS) is 11.3. The minimum atomic E-state index is -0.146. The maximum absolute atomic E-state index is 12.9. The Morgan fingerprint density at radius 1 is 1.03 bits per heavy atom. The fourth-order valence-corrected chi connectivity index (χ4v) is 3.46. The molecule has 1 N–H and O–H groups in total. The van der Waals surface area contributed by atoms with Crippen molar-refractivity contribution in [1.29, 1.82) is 0 Å². The lowest BCUT2D eigenvalue weighted by atomic mass is 9.90. The van der Waals surface area contributed by atoms with E-state index in [1.54, 1.807) is 20.3 Å². The number of benzene rings is 2. The maximum Gasteiger partial charge on any atom is 0.229 e. The van der Waals surface area contributed by atoms with E-state index in [0.717, 1.165) is 22.5 Å². The molecule has 0 saturated carbocycles. The number of carbonyl (C=O) groups excluding carboxylic acids is 1. The number of nitrogens with zero attached hydrogens (tertiary/aromatic N) is 2. The van der Waals surface area contributed by atoms with E-state index < -0.39 is 0 Å². The Morgan fingerprint density at radius 3 is 2.30 bits per heavy atom. The van der Waals surface area contributed by atoms with E-state index in [1.165, 1.54) is 0 Å². The molecule has 6 heteroatoms. The number of ether oxygens (including phenoxy) is 2. The molecule has 1 heterocycles. The lowest BCUT2D eigenvalue weighted by Gasteiger charge is -2.16. The van der Waals surface area contributed by atoms with Gasteiger partial charge in [0.05, 0.1) is 32.0 Å². The Balaban J connectivity index is 1.92. The van der Waals surface area contributed by atoms with Gasteiger partial charge in [-0.3, -0.25) is 4.79 Å². The predicted octanol–water partition coefficient (Wildman–Crippen LogP) is 4.68. The molecule has 0 aliphatic rings. The molecule has 0 radical (unpaired) electrons. The van der Waals surface area contributed by atoms with Crippen LogP contribution >= 0.6 is 0 Å². The molecule has 0 aliphatic heterocycles. The topological polar surface area (TPSA) is 65.4 Å². The van der Waals surface area contributed by atoms with Crippen molar-refractivity contribution < 1.29 is 14.3 Å². The van der Waals surface area contributed by atoms with E-state index in [2.05, 4.69) is 26.1 Å². The Labute approximate surface area is 177 Å². The van der Waals surface area contributed by atoms with Crippen LogP contribution in [0.15, 0.2) is 48.5 Å². The highest BCUT2D eigenvalue weighted by molar-refractivity contribution is 5.92. The maximum atomic E-state index is 12.9. The average Bonchev–Trinajstić information content (AvgIpc) is 3.05. The highest BCUT2D eigenvalue weighted by Gasteiger charge is 2.26. The molecule has 1 aromatic heterocycles. The summed E-state index contributed by atoms with van der Waals surface area (Å²) in [4.78, 5) is 12.9. The predicted molar refractivity (Wildman–Crippen MR) is 119 cm³/mol. The van der Waals surface area contributed by atoms with Crippen LogP contribution < -0.4 is 14.8 Å². The zero-order chi connectivity index (χ0) is 21.9.